The molecule has 0 bridgehead atoms. The van der Waals surface area contributed by atoms with Crippen molar-refractivity contribution in [3.8, 4) is 0 Å². The normalized spacial score (nSPS) is 15.5. The van der Waals surface area contributed by atoms with Crippen LogP contribution in [0, 0.1) is 0 Å². The summed E-state index contributed by atoms with van der Waals surface area (Å²) >= 11 is 0. The van der Waals surface area contributed by atoms with Crippen LogP contribution in [0.4, 0.5) is 0 Å². The highest BCUT2D eigenvalue weighted by Gasteiger charge is 2.39. The molecule has 3 rings (SSSR count). The number of rotatable bonds is 4. The number of H-pyrrole nitrogens is 1. The lowest BCUT2D eigenvalue weighted by Crippen LogP contribution is -2.46. The van der Waals surface area contributed by atoms with E-state index < -0.39 is 23.5 Å². The monoisotopic (exact) mass is 300 g/mol. The minimum atomic E-state index is -1.07. The molecule has 0 spiro atoms. The highest BCUT2D eigenvalue weighted by atomic mass is 16.4. The first kappa shape index (κ1) is 14.3. The molecule has 1 aliphatic rings. The summed E-state index contributed by atoms with van der Waals surface area (Å²) in [7, 11) is 0. The molecule has 0 saturated heterocycles. The van der Waals surface area contributed by atoms with Gasteiger partial charge in [0.2, 0.25) is 0 Å². The van der Waals surface area contributed by atoms with Crippen LogP contribution in [0.3, 0.4) is 0 Å². The number of carboxylic acid groups (broad SMARTS) is 1. The van der Waals surface area contributed by atoms with E-state index in [1.54, 1.807) is 18.2 Å². The molecule has 1 heterocycles. The summed E-state index contributed by atoms with van der Waals surface area (Å²) < 4.78 is 0. The molecule has 1 atom stereocenters. The van der Waals surface area contributed by atoms with Gasteiger partial charge in [-0.3, -0.25) is 9.59 Å². The number of carboxylic acids is 1. The Labute approximate surface area is 126 Å². The van der Waals surface area contributed by atoms with E-state index >= 15 is 0 Å². The van der Waals surface area contributed by atoms with E-state index in [1.807, 2.05) is 6.07 Å². The van der Waals surface area contributed by atoms with Crippen LogP contribution >= 0.6 is 0 Å². The number of amides is 1. The van der Waals surface area contributed by atoms with Crippen molar-refractivity contribution in [1.29, 1.82) is 0 Å². The van der Waals surface area contributed by atoms with Gasteiger partial charge in [0.15, 0.2) is 0 Å². The topological polar surface area (TPSA) is 90.5 Å². The van der Waals surface area contributed by atoms with E-state index in [1.165, 1.54) is 17.9 Å². The zero-order valence-electron chi connectivity index (χ0n) is 12.1. The van der Waals surface area contributed by atoms with E-state index in [-0.39, 0.29) is 11.6 Å². The summed E-state index contributed by atoms with van der Waals surface area (Å²) in [5, 5.41) is 9.93. The van der Waals surface area contributed by atoms with Gasteiger partial charge in [0, 0.05) is 11.6 Å². The van der Waals surface area contributed by atoms with Gasteiger partial charge in [-0.15, -0.1) is 0 Å². The van der Waals surface area contributed by atoms with Crippen molar-refractivity contribution < 1.29 is 14.7 Å². The number of hydrogen-bond donors (Lipinski definition) is 2. The number of carbonyl (C=O) groups excluding carboxylic acids is 1. The van der Waals surface area contributed by atoms with Gasteiger partial charge in [-0.1, -0.05) is 18.2 Å². The second-order valence-corrected chi connectivity index (χ2v) is 5.56. The molecule has 1 fully saturated rings. The Hall–Kier alpha value is -2.63. The van der Waals surface area contributed by atoms with Crippen molar-refractivity contribution in [2.45, 2.75) is 31.8 Å². The van der Waals surface area contributed by atoms with Gasteiger partial charge in [0.25, 0.3) is 11.5 Å². The molecule has 6 heteroatoms. The van der Waals surface area contributed by atoms with E-state index in [9.17, 15) is 19.5 Å². The summed E-state index contributed by atoms with van der Waals surface area (Å²) in [5.41, 5.74) is 0.138. The first-order valence-electron chi connectivity index (χ1n) is 7.16. The highest BCUT2D eigenvalue weighted by molar-refractivity contribution is 5.99. The van der Waals surface area contributed by atoms with Gasteiger partial charge >= 0.3 is 5.97 Å². The fourth-order valence-electron chi connectivity index (χ4n) is 2.57. The third-order valence-electron chi connectivity index (χ3n) is 3.93. The number of aliphatic carboxylic acids is 1. The molecule has 0 radical (unpaired) electrons. The Bertz CT molecular complexity index is 807. The molecule has 1 amide bonds. The van der Waals surface area contributed by atoms with Crippen molar-refractivity contribution in [1.82, 2.24) is 9.88 Å². The molecule has 1 aliphatic carbocycles. The lowest BCUT2D eigenvalue weighted by atomic mass is 10.1. The van der Waals surface area contributed by atoms with E-state index in [0.29, 0.717) is 5.52 Å². The number of nitrogens with zero attached hydrogens (tertiary/aromatic N) is 1. The zero-order chi connectivity index (χ0) is 15.9. The van der Waals surface area contributed by atoms with Crippen molar-refractivity contribution in [2.75, 3.05) is 0 Å². The average molecular weight is 300 g/mol. The van der Waals surface area contributed by atoms with Crippen LogP contribution in [0.1, 0.15) is 30.1 Å². The maximum absolute atomic E-state index is 12.7. The maximum Gasteiger partial charge on any atom is 0.326 e. The minimum Gasteiger partial charge on any atom is -0.480 e. The van der Waals surface area contributed by atoms with Gasteiger partial charge in [-0.2, -0.15) is 0 Å². The number of hydrogen-bond acceptors (Lipinski definition) is 3. The van der Waals surface area contributed by atoms with Crippen LogP contribution in [0.15, 0.2) is 35.1 Å². The number of aromatic amines is 1. The Kier molecular flexibility index (Phi) is 3.44. The van der Waals surface area contributed by atoms with E-state index in [0.717, 1.165) is 18.2 Å². The molecule has 1 aromatic heterocycles. The Morgan fingerprint density at radius 3 is 2.64 bits per heavy atom. The molecule has 114 valence electrons. The SMILES string of the molecule is CC(C(=O)O)N(C(=O)c1cc2ccccc2[nH]c1=O)C1CC1. The molecule has 1 unspecified atom stereocenters. The lowest BCUT2D eigenvalue weighted by molar-refractivity contribution is -0.141. The standard InChI is InChI=1S/C16H16N2O4/c1-9(16(21)22)18(11-6-7-11)15(20)12-8-10-4-2-3-5-13(10)17-14(12)19/h2-5,8-9,11H,6-7H2,1H3,(H,17,19)(H,21,22). The van der Waals surface area contributed by atoms with Crippen molar-refractivity contribution in [2.24, 2.45) is 0 Å². The van der Waals surface area contributed by atoms with Gasteiger partial charge in [-0.25, -0.2) is 4.79 Å². The van der Waals surface area contributed by atoms with E-state index in [2.05, 4.69) is 4.98 Å². The molecular weight excluding hydrogens is 284 g/mol. The highest BCUT2D eigenvalue weighted by Crippen LogP contribution is 2.30. The predicted molar refractivity (Wildman–Crippen MR) is 80.9 cm³/mol. The summed E-state index contributed by atoms with van der Waals surface area (Å²) in [6.07, 6.45) is 1.55. The van der Waals surface area contributed by atoms with Gasteiger partial charge in [-0.05, 0) is 37.3 Å². The van der Waals surface area contributed by atoms with E-state index in [4.69, 9.17) is 0 Å². The number of benzene rings is 1. The predicted octanol–water partition coefficient (Wildman–Crippen LogP) is 1.61. The first-order valence-corrected chi connectivity index (χ1v) is 7.16. The van der Waals surface area contributed by atoms with Crippen molar-refractivity contribution in [3.05, 3.63) is 46.2 Å². The third kappa shape index (κ3) is 2.47. The number of carbonyl (C=O) groups is 2. The van der Waals surface area contributed by atoms with Crippen LogP contribution in [-0.2, 0) is 4.79 Å². The first-order chi connectivity index (χ1) is 10.5. The van der Waals surface area contributed by atoms with Crippen molar-refractivity contribution >= 4 is 22.8 Å². The number of pyridine rings is 1. The van der Waals surface area contributed by atoms with Gasteiger partial charge < -0.3 is 15.0 Å². The summed E-state index contributed by atoms with van der Waals surface area (Å²) in [5.74, 6) is -1.60. The van der Waals surface area contributed by atoms with Crippen LogP contribution in [0.25, 0.3) is 10.9 Å². The Morgan fingerprint density at radius 1 is 1.32 bits per heavy atom. The molecule has 2 N–H and O–H groups in total. The summed E-state index contributed by atoms with van der Waals surface area (Å²) in [4.78, 5) is 40.0. The molecule has 22 heavy (non-hydrogen) atoms. The van der Waals surface area contributed by atoms with Crippen LogP contribution < -0.4 is 5.56 Å². The lowest BCUT2D eigenvalue weighted by Gasteiger charge is -2.26. The van der Waals surface area contributed by atoms with Crippen molar-refractivity contribution in [3.63, 3.8) is 0 Å². The largest absolute Gasteiger partial charge is 0.480 e. The fraction of sp³-hybridized carbons (Fsp3) is 0.312. The zero-order valence-corrected chi connectivity index (χ0v) is 12.1. The average Bonchev–Trinajstić information content (AvgIpc) is 3.31. The quantitative estimate of drug-likeness (QED) is 0.897. The van der Waals surface area contributed by atoms with Gasteiger partial charge in [0.05, 0.1) is 0 Å². The Balaban J connectivity index is 2.05. The molecular formula is C16H16N2O4. The summed E-state index contributed by atoms with van der Waals surface area (Å²) in [6, 6.07) is 7.64. The number of aromatic nitrogens is 1. The number of para-hydroxylation sites is 1. The molecule has 2 aromatic rings. The smallest absolute Gasteiger partial charge is 0.326 e. The minimum absolute atomic E-state index is 0.0151. The Morgan fingerprint density at radius 2 is 2.00 bits per heavy atom. The van der Waals surface area contributed by atoms with Crippen LogP contribution in [0.5, 0.6) is 0 Å². The third-order valence-corrected chi connectivity index (χ3v) is 3.93. The summed E-state index contributed by atoms with van der Waals surface area (Å²) in [6.45, 7) is 1.47. The maximum atomic E-state index is 12.7. The molecule has 0 aliphatic heterocycles. The van der Waals surface area contributed by atoms with Crippen LogP contribution in [-0.4, -0.2) is 39.0 Å². The van der Waals surface area contributed by atoms with Gasteiger partial charge in [0.1, 0.15) is 11.6 Å². The number of nitrogens with one attached hydrogen (secondary N) is 1. The second kappa shape index (κ2) is 5.29. The fourth-order valence-corrected chi connectivity index (χ4v) is 2.57. The van der Waals surface area contributed by atoms with Crippen LogP contribution in [0.2, 0.25) is 0 Å². The second-order valence-electron chi connectivity index (χ2n) is 5.56. The number of fused-ring (bicyclic) bond motifs is 1. The molecule has 6 nitrogen and oxygen atoms in total. The molecule has 1 saturated carbocycles. The molecule has 1 aromatic carbocycles.